The van der Waals surface area contributed by atoms with Gasteiger partial charge in [0.15, 0.2) is 0 Å². The van der Waals surface area contributed by atoms with Gasteiger partial charge in [0.25, 0.3) is 0 Å². The molecule has 0 aromatic carbocycles. The molecule has 80 valence electrons. The Kier molecular flexibility index (Phi) is 4.43. The van der Waals surface area contributed by atoms with Crippen LogP contribution in [0.25, 0.3) is 0 Å². The molecule has 0 spiro atoms. The molecule has 4 heteroatoms. The number of nitrogens with zero attached hydrogens (tertiary/aromatic N) is 2. The van der Waals surface area contributed by atoms with Gasteiger partial charge in [0, 0.05) is 13.1 Å². The van der Waals surface area contributed by atoms with E-state index in [0.29, 0.717) is 13.2 Å². The second-order valence-corrected chi connectivity index (χ2v) is 3.25. The molecule has 1 unspecified atom stereocenters. The number of likely N-dealkylation sites (tertiary alicyclic amines) is 1. The lowest BCUT2D eigenvalue weighted by atomic mass is 10.2. The smallest absolute Gasteiger partial charge is 0.210 e. The average molecular weight is 198 g/mol. The Balaban J connectivity index is 2.66. The predicted molar refractivity (Wildman–Crippen MR) is 55.4 cm³/mol. The summed E-state index contributed by atoms with van der Waals surface area (Å²) in [6.07, 6.45) is 2.90. The van der Waals surface area contributed by atoms with Crippen LogP contribution >= 0.6 is 0 Å². The molecular weight excluding hydrogens is 180 g/mol. The maximum atomic E-state index is 10.7. The van der Waals surface area contributed by atoms with E-state index in [2.05, 4.69) is 4.99 Å². The van der Waals surface area contributed by atoms with Gasteiger partial charge in [0.2, 0.25) is 12.3 Å². The molecule has 4 nitrogen and oxygen atoms in total. The van der Waals surface area contributed by atoms with Crippen molar-refractivity contribution in [2.45, 2.75) is 32.7 Å². The van der Waals surface area contributed by atoms with Gasteiger partial charge in [-0.1, -0.05) is 0 Å². The molecule has 1 rings (SSSR count). The standard InChI is InChI=1S/C10H18N2O2/c1-3-11-10(14-4-2)9-6-5-7-12(9)8-13/h8-9H,3-7H2,1-2H3. The van der Waals surface area contributed by atoms with Gasteiger partial charge < -0.3 is 9.64 Å². The van der Waals surface area contributed by atoms with Crippen molar-refractivity contribution >= 4 is 12.3 Å². The summed E-state index contributed by atoms with van der Waals surface area (Å²) < 4.78 is 5.45. The Morgan fingerprint density at radius 2 is 2.43 bits per heavy atom. The van der Waals surface area contributed by atoms with E-state index in [1.807, 2.05) is 13.8 Å². The third-order valence-electron chi connectivity index (χ3n) is 2.32. The highest BCUT2D eigenvalue weighted by atomic mass is 16.5. The molecule has 1 atom stereocenters. The second kappa shape index (κ2) is 5.62. The molecule has 1 saturated heterocycles. The van der Waals surface area contributed by atoms with Crippen LogP contribution in [0, 0.1) is 0 Å². The van der Waals surface area contributed by atoms with Crippen molar-refractivity contribution in [3.05, 3.63) is 0 Å². The fourth-order valence-corrected chi connectivity index (χ4v) is 1.73. The fourth-order valence-electron chi connectivity index (χ4n) is 1.73. The van der Waals surface area contributed by atoms with Crippen LogP contribution in [-0.4, -0.2) is 42.9 Å². The third kappa shape index (κ3) is 2.47. The zero-order chi connectivity index (χ0) is 10.4. The Morgan fingerprint density at radius 3 is 3.00 bits per heavy atom. The lowest BCUT2D eigenvalue weighted by Gasteiger charge is -2.21. The summed E-state index contributed by atoms with van der Waals surface area (Å²) in [6, 6.07) is 0.0763. The van der Waals surface area contributed by atoms with Gasteiger partial charge in [-0.05, 0) is 26.7 Å². The lowest BCUT2D eigenvalue weighted by molar-refractivity contribution is -0.118. The van der Waals surface area contributed by atoms with E-state index in [9.17, 15) is 4.79 Å². The number of aliphatic imine (C=N–C) groups is 1. The van der Waals surface area contributed by atoms with E-state index in [-0.39, 0.29) is 6.04 Å². The van der Waals surface area contributed by atoms with Crippen molar-refractivity contribution < 1.29 is 9.53 Å². The van der Waals surface area contributed by atoms with Crippen molar-refractivity contribution in [2.75, 3.05) is 19.7 Å². The summed E-state index contributed by atoms with van der Waals surface area (Å²) in [6.45, 7) is 6.05. The normalized spacial score (nSPS) is 22.6. The fraction of sp³-hybridized carbons (Fsp3) is 0.800. The summed E-state index contributed by atoms with van der Waals surface area (Å²) in [5.41, 5.74) is 0. The van der Waals surface area contributed by atoms with Gasteiger partial charge in [0.1, 0.15) is 6.04 Å². The van der Waals surface area contributed by atoms with Crippen LogP contribution in [-0.2, 0) is 9.53 Å². The highest BCUT2D eigenvalue weighted by molar-refractivity contribution is 5.84. The first-order valence-corrected chi connectivity index (χ1v) is 5.21. The molecule has 0 radical (unpaired) electrons. The number of hydrogen-bond acceptors (Lipinski definition) is 3. The maximum absolute atomic E-state index is 10.7. The Labute approximate surface area is 84.9 Å². The quantitative estimate of drug-likeness (QED) is 0.385. The van der Waals surface area contributed by atoms with Crippen LogP contribution in [0.1, 0.15) is 26.7 Å². The monoisotopic (exact) mass is 198 g/mol. The van der Waals surface area contributed by atoms with E-state index in [1.165, 1.54) is 0 Å². The van der Waals surface area contributed by atoms with E-state index >= 15 is 0 Å². The minimum Gasteiger partial charge on any atom is -0.480 e. The molecule has 0 aromatic rings. The molecule has 14 heavy (non-hydrogen) atoms. The Hall–Kier alpha value is -1.06. The molecule has 0 aromatic heterocycles. The van der Waals surface area contributed by atoms with Gasteiger partial charge in [-0.15, -0.1) is 0 Å². The first-order chi connectivity index (χ1) is 6.83. The zero-order valence-corrected chi connectivity index (χ0v) is 8.90. The Bertz CT molecular complexity index is 216. The molecule has 0 N–H and O–H groups in total. The molecule has 0 saturated carbocycles. The van der Waals surface area contributed by atoms with Gasteiger partial charge in [0.05, 0.1) is 6.61 Å². The summed E-state index contributed by atoms with van der Waals surface area (Å²) in [4.78, 5) is 16.8. The number of ether oxygens (including phenoxy) is 1. The maximum Gasteiger partial charge on any atom is 0.210 e. The SMILES string of the molecule is CCN=C(OCC)C1CCCN1C=O. The minimum absolute atomic E-state index is 0.0763. The van der Waals surface area contributed by atoms with Crippen molar-refractivity contribution in [3.63, 3.8) is 0 Å². The predicted octanol–water partition coefficient (Wildman–Crippen LogP) is 1.06. The largest absolute Gasteiger partial charge is 0.480 e. The van der Waals surface area contributed by atoms with Crippen LogP contribution in [0.15, 0.2) is 4.99 Å². The number of rotatable bonds is 4. The van der Waals surface area contributed by atoms with Crippen LogP contribution in [0.5, 0.6) is 0 Å². The number of amides is 1. The summed E-state index contributed by atoms with van der Waals surface area (Å²) in [5, 5.41) is 0. The van der Waals surface area contributed by atoms with E-state index < -0.39 is 0 Å². The summed E-state index contributed by atoms with van der Waals surface area (Å²) >= 11 is 0. The number of hydrogen-bond donors (Lipinski definition) is 0. The first-order valence-electron chi connectivity index (χ1n) is 5.21. The van der Waals surface area contributed by atoms with Crippen molar-refractivity contribution in [1.29, 1.82) is 0 Å². The molecule has 1 amide bonds. The van der Waals surface area contributed by atoms with Crippen LogP contribution in [0.2, 0.25) is 0 Å². The van der Waals surface area contributed by atoms with Gasteiger partial charge in [-0.3, -0.25) is 9.79 Å². The highest BCUT2D eigenvalue weighted by Crippen LogP contribution is 2.17. The van der Waals surface area contributed by atoms with Crippen LogP contribution in [0.4, 0.5) is 0 Å². The molecule has 0 aliphatic carbocycles. The summed E-state index contributed by atoms with van der Waals surface area (Å²) in [5.74, 6) is 0.722. The van der Waals surface area contributed by atoms with Crippen LogP contribution in [0.3, 0.4) is 0 Å². The van der Waals surface area contributed by atoms with Crippen molar-refractivity contribution in [1.82, 2.24) is 4.90 Å². The molecule has 0 bridgehead atoms. The average Bonchev–Trinajstić information content (AvgIpc) is 2.65. The summed E-state index contributed by atoms with van der Waals surface area (Å²) in [7, 11) is 0. The third-order valence-corrected chi connectivity index (χ3v) is 2.32. The number of carbonyl (C=O) groups is 1. The Morgan fingerprint density at radius 1 is 1.64 bits per heavy atom. The zero-order valence-electron chi connectivity index (χ0n) is 8.90. The van der Waals surface area contributed by atoms with E-state index in [1.54, 1.807) is 4.90 Å². The van der Waals surface area contributed by atoms with Gasteiger partial charge in [-0.25, -0.2) is 0 Å². The van der Waals surface area contributed by atoms with Crippen LogP contribution < -0.4 is 0 Å². The lowest BCUT2D eigenvalue weighted by Crippen LogP contribution is -2.36. The van der Waals surface area contributed by atoms with Gasteiger partial charge >= 0.3 is 0 Å². The highest BCUT2D eigenvalue weighted by Gasteiger charge is 2.28. The topological polar surface area (TPSA) is 41.9 Å². The second-order valence-electron chi connectivity index (χ2n) is 3.25. The molecule has 1 aliphatic rings. The van der Waals surface area contributed by atoms with E-state index in [0.717, 1.165) is 31.7 Å². The van der Waals surface area contributed by atoms with Crippen molar-refractivity contribution in [3.8, 4) is 0 Å². The molecule has 1 heterocycles. The molecule has 1 aliphatic heterocycles. The minimum atomic E-state index is 0.0763. The first kappa shape index (κ1) is 11.0. The molecular formula is C10H18N2O2. The molecule has 1 fully saturated rings. The van der Waals surface area contributed by atoms with Crippen molar-refractivity contribution in [2.24, 2.45) is 4.99 Å². The number of carbonyl (C=O) groups excluding carboxylic acids is 1. The van der Waals surface area contributed by atoms with E-state index in [4.69, 9.17) is 4.74 Å². The van der Waals surface area contributed by atoms with Gasteiger partial charge in [-0.2, -0.15) is 0 Å².